The molecule has 1 fully saturated rings. The van der Waals surface area contributed by atoms with E-state index < -0.39 is 17.1 Å². The fourth-order valence-corrected chi connectivity index (χ4v) is 3.68. The van der Waals surface area contributed by atoms with Gasteiger partial charge in [0.05, 0.1) is 24.0 Å². The highest BCUT2D eigenvalue weighted by molar-refractivity contribution is 6.22. The molecule has 3 N–H and O–H groups in total. The van der Waals surface area contributed by atoms with Gasteiger partial charge in [-0.3, -0.25) is 4.90 Å². The van der Waals surface area contributed by atoms with Crippen molar-refractivity contribution in [1.29, 1.82) is 0 Å². The van der Waals surface area contributed by atoms with Crippen LogP contribution in [0.15, 0.2) is 29.4 Å². The van der Waals surface area contributed by atoms with E-state index in [2.05, 4.69) is 20.3 Å². The second kappa shape index (κ2) is 7.32. The second-order valence-corrected chi connectivity index (χ2v) is 6.98. The average Bonchev–Trinajstić information content (AvgIpc) is 3.04. The summed E-state index contributed by atoms with van der Waals surface area (Å²) < 4.78 is 28.9. The van der Waals surface area contributed by atoms with E-state index >= 15 is 0 Å². The number of alkyl halides is 1. The molecule has 144 valence electrons. The monoisotopic (exact) mass is 395 g/mol. The Hall–Kier alpha value is -2.39. The van der Waals surface area contributed by atoms with Gasteiger partial charge in [0.15, 0.2) is 11.5 Å². The third-order valence-corrected chi connectivity index (χ3v) is 5.21. The Morgan fingerprint density at radius 2 is 1.96 bits per heavy atom. The molecule has 27 heavy (non-hydrogen) atoms. The van der Waals surface area contributed by atoms with Crippen LogP contribution >= 0.6 is 11.6 Å². The minimum Gasteiger partial charge on any atom is -0.370 e. The first-order chi connectivity index (χ1) is 13.0. The van der Waals surface area contributed by atoms with E-state index in [-0.39, 0.29) is 5.96 Å². The fraction of sp³-hybridized carbons (Fsp3) is 0.412. The van der Waals surface area contributed by atoms with Crippen molar-refractivity contribution < 1.29 is 8.78 Å². The van der Waals surface area contributed by atoms with E-state index in [9.17, 15) is 8.78 Å². The summed E-state index contributed by atoms with van der Waals surface area (Å²) in [5.74, 6) is -0.0304. The number of aliphatic imine (C=N–C) groups is 1. The Balaban J connectivity index is 1.33. The highest BCUT2D eigenvalue weighted by Crippen LogP contribution is 2.31. The maximum absolute atomic E-state index is 13.9. The van der Waals surface area contributed by atoms with Crippen LogP contribution in [0.1, 0.15) is 11.1 Å². The van der Waals surface area contributed by atoms with Crippen LogP contribution in [0, 0.1) is 11.6 Å². The molecule has 0 bridgehead atoms. The SMILES string of the molecule is NC1=NC(Cl)c2cnn(CCN3CCN(c4ccc(F)cc4F)CC3)c2N1. The van der Waals surface area contributed by atoms with Crippen molar-refractivity contribution in [2.24, 2.45) is 10.7 Å². The number of hydrogen-bond acceptors (Lipinski definition) is 6. The lowest BCUT2D eigenvalue weighted by atomic mass is 10.2. The maximum Gasteiger partial charge on any atom is 0.196 e. The zero-order chi connectivity index (χ0) is 19.0. The second-order valence-electron chi connectivity index (χ2n) is 6.57. The number of nitrogens with two attached hydrogens (primary N) is 1. The van der Waals surface area contributed by atoms with Crippen LogP contribution < -0.4 is 16.0 Å². The van der Waals surface area contributed by atoms with E-state index in [0.717, 1.165) is 37.1 Å². The molecule has 2 aliphatic heterocycles. The van der Waals surface area contributed by atoms with Crippen molar-refractivity contribution in [2.45, 2.75) is 12.0 Å². The van der Waals surface area contributed by atoms with Gasteiger partial charge in [-0.1, -0.05) is 11.6 Å². The highest BCUT2D eigenvalue weighted by atomic mass is 35.5. The smallest absolute Gasteiger partial charge is 0.196 e. The summed E-state index contributed by atoms with van der Waals surface area (Å²) in [7, 11) is 0. The molecule has 0 saturated carbocycles. The van der Waals surface area contributed by atoms with Gasteiger partial charge >= 0.3 is 0 Å². The number of piperazine rings is 1. The Kier molecular flexibility index (Phi) is 4.88. The van der Waals surface area contributed by atoms with Crippen LogP contribution in [-0.4, -0.2) is 53.4 Å². The van der Waals surface area contributed by atoms with Crippen LogP contribution in [-0.2, 0) is 6.54 Å². The van der Waals surface area contributed by atoms with E-state index in [0.29, 0.717) is 25.3 Å². The molecule has 1 unspecified atom stereocenters. The van der Waals surface area contributed by atoms with Gasteiger partial charge in [-0.25, -0.2) is 18.5 Å². The molecule has 0 spiro atoms. The molecule has 1 saturated heterocycles. The lowest BCUT2D eigenvalue weighted by molar-refractivity contribution is 0.244. The van der Waals surface area contributed by atoms with E-state index in [1.165, 1.54) is 12.1 Å². The molecule has 2 aromatic rings. The van der Waals surface area contributed by atoms with Gasteiger partial charge in [-0.2, -0.15) is 5.10 Å². The van der Waals surface area contributed by atoms with Crippen LogP contribution in [0.2, 0.25) is 0 Å². The van der Waals surface area contributed by atoms with Gasteiger partial charge in [-0.15, -0.1) is 0 Å². The van der Waals surface area contributed by atoms with Crippen LogP contribution in [0.4, 0.5) is 20.3 Å². The van der Waals surface area contributed by atoms with Gasteiger partial charge in [0, 0.05) is 38.8 Å². The highest BCUT2D eigenvalue weighted by Gasteiger charge is 2.24. The minimum absolute atomic E-state index is 0.277. The predicted molar refractivity (Wildman–Crippen MR) is 101 cm³/mol. The maximum atomic E-state index is 13.9. The van der Waals surface area contributed by atoms with Gasteiger partial charge in [-0.05, 0) is 12.1 Å². The summed E-state index contributed by atoms with van der Waals surface area (Å²) in [5.41, 5.74) is 6.47. The van der Waals surface area contributed by atoms with Crippen LogP contribution in [0.5, 0.6) is 0 Å². The molecule has 1 atom stereocenters. The molecule has 2 aliphatic rings. The molecular weight excluding hydrogens is 376 g/mol. The Bertz CT molecular complexity index is 861. The van der Waals surface area contributed by atoms with Crippen molar-refractivity contribution in [3.05, 3.63) is 41.6 Å². The van der Waals surface area contributed by atoms with Gasteiger partial charge in [0.2, 0.25) is 0 Å². The summed E-state index contributed by atoms with van der Waals surface area (Å²) in [6, 6.07) is 3.71. The number of hydrogen-bond donors (Lipinski definition) is 2. The van der Waals surface area contributed by atoms with Gasteiger partial charge in [0.1, 0.15) is 17.5 Å². The predicted octanol–water partition coefficient (Wildman–Crippen LogP) is 1.96. The third kappa shape index (κ3) is 3.70. The van der Waals surface area contributed by atoms with Crippen LogP contribution in [0.25, 0.3) is 0 Å². The summed E-state index contributed by atoms with van der Waals surface area (Å²) in [4.78, 5) is 8.29. The lowest BCUT2D eigenvalue weighted by Gasteiger charge is -2.36. The van der Waals surface area contributed by atoms with Crippen molar-refractivity contribution in [1.82, 2.24) is 14.7 Å². The third-order valence-electron chi connectivity index (χ3n) is 4.87. The molecule has 3 heterocycles. The summed E-state index contributed by atoms with van der Waals surface area (Å²) in [6.07, 6.45) is 1.70. The number of fused-ring (bicyclic) bond motifs is 1. The summed E-state index contributed by atoms with van der Waals surface area (Å²) >= 11 is 6.17. The van der Waals surface area contributed by atoms with E-state index in [4.69, 9.17) is 17.3 Å². The normalized spacial score (nSPS) is 20.2. The van der Waals surface area contributed by atoms with Gasteiger partial charge < -0.3 is 16.0 Å². The van der Waals surface area contributed by atoms with E-state index in [1.54, 1.807) is 6.20 Å². The first-order valence-electron chi connectivity index (χ1n) is 8.73. The topological polar surface area (TPSA) is 74.7 Å². The largest absolute Gasteiger partial charge is 0.370 e. The molecule has 7 nitrogen and oxygen atoms in total. The first-order valence-corrected chi connectivity index (χ1v) is 9.17. The van der Waals surface area contributed by atoms with Crippen LogP contribution in [0.3, 0.4) is 0 Å². The molecule has 1 aromatic heterocycles. The molecule has 0 aliphatic carbocycles. The van der Waals surface area contributed by atoms with E-state index in [1.807, 2.05) is 9.58 Å². The summed E-state index contributed by atoms with van der Waals surface area (Å²) in [5, 5.41) is 7.38. The molecule has 10 heteroatoms. The Morgan fingerprint density at radius 1 is 1.19 bits per heavy atom. The number of anilines is 2. The number of guanidine groups is 1. The number of nitrogens with zero attached hydrogens (tertiary/aromatic N) is 5. The van der Waals surface area contributed by atoms with Gasteiger partial charge in [0.25, 0.3) is 0 Å². The molecule has 0 radical (unpaired) electrons. The number of aromatic nitrogens is 2. The fourth-order valence-electron chi connectivity index (χ4n) is 3.41. The number of benzene rings is 1. The average molecular weight is 396 g/mol. The molecule has 0 amide bonds. The van der Waals surface area contributed by atoms with Crippen molar-refractivity contribution in [3.8, 4) is 0 Å². The lowest BCUT2D eigenvalue weighted by Crippen LogP contribution is -2.47. The number of halogens is 3. The number of nitrogens with one attached hydrogen (secondary N) is 1. The van der Waals surface area contributed by atoms with Crippen molar-refractivity contribution >= 4 is 29.1 Å². The zero-order valence-corrected chi connectivity index (χ0v) is 15.3. The zero-order valence-electron chi connectivity index (χ0n) is 14.6. The Morgan fingerprint density at radius 3 is 2.70 bits per heavy atom. The standard InChI is InChI=1S/C17H20ClF2N7/c18-15-12-10-22-27(16(12)24-17(21)23-15)8-5-25-3-6-26(7-4-25)14-2-1-11(19)9-13(14)20/h1-2,9-10,15H,3-8H2,(H3,21,23,24). The first kappa shape index (κ1) is 18.0. The number of rotatable bonds is 4. The van der Waals surface area contributed by atoms with Crippen molar-refractivity contribution in [2.75, 3.05) is 42.9 Å². The quantitative estimate of drug-likeness (QED) is 0.611. The molecule has 1 aromatic carbocycles. The Labute approximate surface area is 160 Å². The molecular formula is C17H20ClF2N7. The minimum atomic E-state index is -0.559. The summed E-state index contributed by atoms with van der Waals surface area (Å²) in [6.45, 7) is 4.40. The van der Waals surface area contributed by atoms with Crippen molar-refractivity contribution in [3.63, 3.8) is 0 Å². The molecule has 4 rings (SSSR count).